The topological polar surface area (TPSA) is 71.5 Å². The number of halogens is 1. The fraction of sp³-hybridized carbons (Fsp3) is 0.381. The van der Waals surface area contributed by atoms with Crippen molar-refractivity contribution in [2.24, 2.45) is 12.0 Å². The molecule has 3 aromatic rings. The van der Waals surface area contributed by atoms with Gasteiger partial charge in [-0.2, -0.15) is 5.10 Å². The maximum absolute atomic E-state index is 13.1. The second-order valence-electron chi connectivity index (χ2n) is 7.25. The zero-order chi connectivity index (χ0) is 20.2. The summed E-state index contributed by atoms with van der Waals surface area (Å²) in [6, 6.07) is 6.13. The zero-order valence-electron chi connectivity index (χ0n) is 16.7. The lowest BCUT2D eigenvalue weighted by atomic mass is 10.0. The van der Waals surface area contributed by atoms with Crippen LogP contribution in [0.2, 0.25) is 0 Å². The van der Waals surface area contributed by atoms with Gasteiger partial charge >= 0.3 is 0 Å². The Morgan fingerprint density at radius 2 is 2.17 bits per heavy atom. The lowest BCUT2D eigenvalue weighted by molar-refractivity contribution is 0.486. The summed E-state index contributed by atoms with van der Waals surface area (Å²) in [5, 5.41) is 7.70. The first-order valence-corrected chi connectivity index (χ1v) is 9.77. The number of oxazole rings is 1. The minimum atomic E-state index is -0.274. The molecule has 0 aliphatic carbocycles. The molecule has 0 amide bonds. The van der Waals surface area contributed by atoms with Crippen LogP contribution in [-0.2, 0) is 13.5 Å². The summed E-state index contributed by atoms with van der Waals surface area (Å²) in [6.07, 6.45) is 7.50. The van der Waals surface area contributed by atoms with E-state index in [1.807, 2.05) is 25.0 Å². The Bertz CT molecular complexity index is 977. The van der Waals surface area contributed by atoms with Gasteiger partial charge in [0.15, 0.2) is 5.96 Å². The molecular weight excluding hydrogens is 371 g/mol. The molecule has 0 saturated carbocycles. The average Bonchev–Trinajstić information content (AvgIpc) is 3.46. The number of nitrogens with zero attached hydrogens (tertiary/aromatic N) is 5. The fourth-order valence-corrected chi connectivity index (χ4v) is 3.66. The van der Waals surface area contributed by atoms with Gasteiger partial charge in [0.25, 0.3) is 0 Å². The van der Waals surface area contributed by atoms with Crippen LogP contribution in [0, 0.1) is 5.82 Å². The Kier molecular flexibility index (Phi) is 5.59. The van der Waals surface area contributed by atoms with E-state index in [9.17, 15) is 4.39 Å². The van der Waals surface area contributed by atoms with Gasteiger partial charge in [0, 0.05) is 57.8 Å². The van der Waals surface area contributed by atoms with Gasteiger partial charge in [-0.3, -0.25) is 9.67 Å². The summed E-state index contributed by atoms with van der Waals surface area (Å²) in [5.41, 5.74) is 2.89. The van der Waals surface area contributed by atoms with Crippen molar-refractivity contribution in [3.63, 3.8) is 0 Å². The highest BCUT2D eigenvalue weighted by molar-refractivity contribution is 5.80. The van der Waals surface area contributed by atoms with Gasteiger partial charge in [0.2, 0.25) is 5.89 Å². The largest absolute Gasteiger partial charge is 0.444 e. The van der Waals surface area contributed by atoms with Crippen molar-refractivity contribution >= 4 is 5.96 Å². The van der Waals surface area contributed by atoms with Gasteiger partial charge in [-0.05, 0) is 36.2 Å². The van der Waals surface area contributed by atoms with E-state index in [1.54, 1.807) is 18.4 Å². The SMILES string of the molecule is CN=C(NCCc1coc(-c2ccc(F)cc2)n1)N1CCC(c2cnn(C)c2)C1. The molecule has 0 spiro atoms. The molecule has 1 aliphatic rings. The Morgan fingerprint density at radius 1 is 1.34 bits per heavy atom. The van der Waals surface area contributed by atoms with E-state index in [2.05, 4.69) is 31.5 Å². The molecule has 7 nitrogen and oxygen atoms in total. The molecule has 2 aromatic heterocycles. The number of hydrogen-bond acceptors (Lipinski definition) is 4. The van der Waals surface area contributed by atoms with Crippen molar-refractivity contribution in [3.05, 3.63) is 60.0 Å². The van der Waals surface area contributed by atoms with Gasteiger partial charge in [-0.1, -0.05) is 0 Å². The Labute approximate surface area is 169 Å². The van der Waals surface area contributed by atoms with Crippen molar-refractivity contribution in [2.75, 3.05) is 26.7 Å². The van der Waals surface area contributed by atoms with Gasteiger partial charge < -0.3 is 14.6 Å². The molecule has 152 valence electrons. The molecule has 1 saturated heterocycles. The van der Waals surface area contributed by atoms with E-state index >= 15 is 0 Å². The lowest BCUT2D eigenvalue weighted by Crippen LogP contribution is -2.40. The summed E-state index contributed by atoms with van der Waals surface area (Å²) in [4.78, 5) is 11.2. The normalized spacial score (nSPS) is 17.1. The summed E-state index contributed by atoms with van der Waals surface area (Å²) < 4.78 is 20.4. The van der Waals surface area contributed by atoms with Crippen LogP contribution in [0.15, 0.2) is 52.3 Å². The highest BCUT2D eigenvalue weighted by atomic mass is 19.1. The Morgan fingerprint density at radius 3 is 2.90 bits per heavy atom. The predicted molar refractivity (Wildman–Crippen MR) is 109 cm³/mol. The van der Waals surface area contributed by atoms with Crippen LogP contribution in [-0.4, -0.2) is 52.3 Å². The second-order valence-corrected chi connectivity index (χ2v) is 7.25. The summed E-state index contributed by atoms with van der Waals surface area (Å²) in [6.45, 7) is 2.61. The molecule has 1 unspecified atom stereocenters. The van der Waals surface area contributed by atoms with Crippen LogP contribution in [0.25, 0.3) is 11.5 Å². The molecular formula is C21H25FN6O. The van der Waals surface area contributed by atoms with Crippen molar-refractivity contribution in [1.29, 1.82) is 0 Å². The van der Waals surface area contributed by atoms with Crippen molar-refractivity contribution in [1.82, 2.24) is 25.0 Å². The summed E-state index contributed by atoms with van der Waals surface area (Å²) in [5.74, 6) is 1.61. The van der Waals surface area contributed by atoms with E-state index in [-0.39, 0.29) is 5.82 Å². The molecule has 1 fully saturated rings. The highest BCUT2D eigenvalue weighted by Crippen LogP contribution is 2.26. The molecule has 1 atom stereocenters. The number of aryl methyl sites for hydroxylation is 1. The predicted octanol–water partition coefficient (Wildman–Crippen LogP) is 2.82. The smallest absolute Gasteiger partial charge is 0.226 e. The summed E-state index contributed by atoms with van der Waals surface area (Å²) >= 11 is 0. The van der Waals surface area contributed by atoms with Gasteiger partial charge in [-0.25, -0.2) is 9.37 Å². The number of hydrogen-bond donors (Lipinski definition) is 1. The van der Waals surface area contributed by atoms with E-state index in [0.717, 1.165) is 36.7 Å². The monoisotopic (exact) mass is 396 g/mol. The first-order valence-electron chi connectivity index (χ1n) is 9.77. The van der Waals surface area contributed by atoms with E-state index in [1.165, 1.54) is 17.7 Å². The van der Waals surface area contributed by atoms with E-state index < -0.39 is 0 Å². The van der Waals surface area contributed by atoms with Gasteiger partial charge in [0.1, 0.15) is 12.1 Å². The lowest BCUT2D eigenvalue weighted by Gasteiger charge is -2.21. The van der Waals surface area contributed by atoms with E-state index in [0.29, 0.717) is 24.8 Å². The zero-order valence-corrected chi connectivity index (χ0v) is 16.7. The van der Waals surface area contributed by atoms with Crippen LogP contribution in [0.5, 0.6) is 0 Å². The van der Waals surface area contributed by atoms with Crippen LogP contribution >= 0.6 is 0 Å². The molecule has 4 rings (SSSR count). The number of nitrogens with one attached hydrogen (secondary N) is 1. The van der Waals surface area contributed by atoms with Crippen LogP contribution < -0.4 is 5.32 Å². The molecule has 29 heavy (non-hydrogen) atoms. The number of aromatic nitrogens is 3. The second kappa shape index (κ2) is 8.46. The first kappa shape index (κ1) is 19.2. The molecule has 3 heterocycles. The number of aliphatic imine (C=N–C) groups is 1. The first-order chi connectivity index (χ1) is 14.1. The quantitative estimate of drug-likeness (QED) is 0.530. The Hall–Kier alpha value is -3.16. The number of likely N-dealkylation sites (tertiary alicyclic amines) is 1. The van der Waals surface area contributed by atoms with Crippen molar-refractivity contribution in [3.8, 4) is 11.5 Å². The fourth-order valence-electron chi connectivity index (χ4n) is 3.66. The molecule has 1 aliphatic heterocycles. The van der Waals surface area contributed by atoms with Crippen LogP contribution in [0.1, 0.15) is 23.6 Å². The maximum atomic E-state index is 13.1. The van der Waals surface area contributed by atoms with Crippen molar-refractivity contribution < 1.29 is 8.81 Å². The number of benzene rings is 1. The molecule has 0 bridgehead atoms. The van der Waals surface area contributed by atoms with Gasteiger partial charge in [-0.15, -0.1) is 0 Å². The average molecular weight is 396 g/mol. The third kappa shape index (κ3) is 4.47. The molecule has 8 heteroatoms. The third-order valence-electron chi connectivity index (χ3n) is 5.20. The number of rotatable bonds is 5. The maximum Gasteiger partial charge on any atom is 0.226 e. The van der Waals surface area contributed by atoms with E-state index in [4.69, 9.17) is 4.42 Å². The third-order valence-corrected chi connectivity index (χ3v) is 5.20. The summed E-state index contributed by atoms with van der Waals surface area (Å²) in [7, 11) is 3.75. The minimum absolute atomic E-state index is 0.274. The molecule has 1 aromatic carbocycles. The minimum Gasteiger partial charge on any atom is -0.444 e. The molecule has 1 N–H and O–H groups in total. The highest BCUT2D eigenvalue weighted by Gasteiger charge is 2.26. The Balaban J connectivity index is 1.29. The number of guanidine groups is 1. The molecule has 0 radical (unpaired) electrons. The van der Waals surface area contributed by atoms with Gasteiger partial charge in [0.05, 0.1) is 11.9 Å². The van der Waals surface area contributed by atoms with Crippen molar-refractivity contribution in [2.45, 2.75) is 18.8 Å². The van der Waals surface area contributed by atoms with Crippen LogP contribution in [0.4, 0.5) is 4.39 Å². The van der Waals surface area contributed by atoms with Crippen LogP contribution in [0.3, 0.4) is 0 Å². The standard InChI is InChI=1S/C21H25FN6O/c1-23-21(28-10-8-16(13-28)17-11-25-27(2)12-17)24-9-7-19-14-29-20(26-19)15-3-5-18(22)6-4-15/h3-6,11-12,14,16H,7-10,13H2,1-2H3,(H,23,24).